The highest BCUT2D eigenvalue weighted by atomic mass is 19.1. The van der Waals surface area contributed by atoms with Gasteiger partial charge in [-0.3, -0.25) is 0 Å². The maximum atomic E-state index is 12.3. The van der Waals surface area contributed by atoms with Crippen LogP contribution in [-0.4, -0.2) is 12.2 Å². The van der Waals surface area contributed by atoms with Gasteiger partial charge in [0, 0.05) is 11.7 Å². The van der Waals surface area contributed by atoms with Gasteiger partial charge in [0.25, 0.3) is 0 Å². The Bertz CT molecular complexity index is 116. The highest BCUT2D eigenvalue weighted by molar-refractivity contribution is 5.02. The summed E-state index contributed by atoms with van der Waals surface area (Å²) in [6, 6.07) is 0.524. The first-order valence-electron chi connectivity index (χ1n) is 3.29. The van der Waals surface area contributed by atoms with Crippen molar-refractivity contribution in [3.05, 3.63) is 12.3 Å². The molecule has 1 nitrogen and oxygen atoms in total. The van der Waals surface area contributed by atoms with Gasteiger partial charge in [0.2, 0.25) is 0 Å². The van der Waals surface area contributed by atoms with Crippen molar-refractivity contribution in [1.29, 1.82) is 0 Å². The normalized spacial score (nSPS) is 21.1. The van der Waals surface area contributed by atoms with Gasteiger partial charge in [-0.05, 0) is 19.8 Å². The zero-order chi connectivity index (χ0) is 6.85. The Kier molecular flexibility index (Phi) is 1.74. The maximum Gasteiger partial charge on any atom is 0.136 e. The second-order valence-electron chi connectivity index (χ2n) is 2.56. The van der Waals surface area contributed by atoms with Crippen LogP contribution in [0.25, 0.3) is 0 Å². The predicted octanol–water partition coefficient (Wildman–Crippen LogP) is 1.61. The molecule has 0 amide bonds. The van der Waals surface area contributed by atoms with Crippen molar-refractivity contribution in [2.75, 3.05) is 0 Å². The first-order valence-corrected chi connectivity index (χ1v) is 3.29. The maximum absolute atomic E-state index is 12.3. The number of hydrogen-bond acceptors (Lipinski definition) is 1. The molecule has 1 N–H and O–H groups in total. The lowest BCUT2D eigenvalue weighted by molar-refractivity contribution is 0.392. The summed E-state index contributed by atoms with van der Waals surface area (Å²) in [6.07, 6.45) is 1.43. The molecule has 1 unspecified atom stereocenters. The van der Waals surface area contributed by atoms with E-state index in [0.29, 0.717) is 11.7 Å². The molecule has 1 atom stereocenters. The van der Waals surface area contributed by atoms with Gasteiger partial charge in [-0.1, -0.05) is 6.58 Å². The third kappa shape index (κ3) is 2.04. The molecule has 1 aliphatic rings. The van der Waals surface area contributed by atoms with Crippen molar-refractivity contribution >= 4 is 0 Å². The van der Waals surface area contributed by atoms with E-state index in [-0.39, 0.29) is 0 Å². The fourth-order valence-electron chi connectivity index (χ4n) is 0.605. The summed E-state index contributed by atoms with van der Waals surface area (Å²) in [5.74, 6) is 0. The lowest BCUT2D eigenvalue weighted by atomic mass is 10.3. The quantitative estimate of drug-likeness (QED) is 0.610. The molecule has 0 aromatic rings. The third-order valence-electron chi connectivity index (χ3n) is 1.45. The Morgan fingerprint density at radius 2 is 2.33 bits per heavy atom. The van der Waals surface area contributed by atoms with Gasteiger partial charge < -0.3 is 5.32 Å². The van der Waals surface area contributed by atoms with Gasteiger partial charge >= 0.3 is 0 Å². The summed E-state index contributed by atoms with van der Waals surface area (Å²) in [5.41, 5.74) is 0.525. The molecule has 1 aliphatic carbocycles. The first kappa shape index (κ1) is 6.59. The van der Waals surface area contributed by atoms with Gasteiger partial charge in [0.1, 0.15) is 6.17 Å². The van der Waals surface area contributed by atoms with Crippen molar-refractivity contribution in [3.8, 4) is 0 Å². The van der Waals surface area contributed by atoms with Crippen LogP contribution in [-0.2, 0) is 0 Å². The minimum Gasteiger partial charge on any atom is -0.384 e. The monoisotopic (exact) mass is 129 g/mol. The highest BCUT2D eigenvalue weighted by Crippen LogP contribution is 2.20. The highest BCUT2D eigenvalue weighted by Gasteiger charge is 2.22. The van der Waals surface area contributed by atoms with Crippen LogP contribution in [0, 0.1) is 0 Å². The van der Waals surface area contributed by atoms with Crippen LogP contribution in [0.15, 0.2) is 12.3 Å². The number of alkyl halides is 1. The van der Waals surface area contributed by atoms with E-state index in [2.05, 4.69) is 11.9 Å². The van der Waals surface area contributed by atoms with Gasteiger partial charge in [-0.15, -0.1) is 0 Å². The topological polar surface area (TPSA) is 12.0 Å². The second kappa shape index (κ2) is 2.38. The molecule has 9 heavy (non-hydrogen) atoms. The number of halogens is 1. The summed E-state index contributed by atoms with van der Waals surface area (Å²) in [7, 11) is 0. The lowest BCUT2D eigenvalue weighted by Gasteiger charge is -2.07. The largest absolute Gasteiger partial charge is 0.384 e. The zero-order valence-electron chi connectivity index (χ0n) is 5.65. The van der Waals surface area contributed by atoms with Crippen LogP contribution >= 0.6 is 0 Å². The molecule has 0 spiro atoms. The fourth-order valence-corrected chi connectivity index (χ4v) is 0.605. The van der Waals surface area contributed by atoms with Crippen LogP contribution in [0.3, 0.4) is 0 Å². The van der Waals surface area contributed by atoms with Crippen molar-refractivity contribution in [1.82, 2.24) is 5.32 Å². The van der Waals surface area contributed by atoms with E-state index in [1.54, 1.807) is 0 Å². The van der Waals surface area contributed by atoms with Gasteiger partial charge in [-0.25, -0.2) is 4.39 Å². The molecule has 0 bridgehead atoms. The number of rotatable bonds is 3. The molecule has 1 fully saturated rings. The smallest absolute Gasteiger partial charge is 0.136 e. The Morgan fingerprint density at radius 3 is 2.67 bits per heavy atom. The molecule has 0 saturated heterocycles. The average Bonchev–Trinajstić information content (AvgIpc) is 2.50. The molecule has 1 saturated carbocycles. The fraction of sp³-hybridized carbons (Fsp3) is 0.714. The van der Waals surface area contributed by atoms with E-state index >= 15 is 0 Å². The number of nitrogens with one attached hydrogen (secondary N) is 1. The Labute approximate surface area is 54.9 Å². The van der Waals surface area contributed by atoms with E-state index in [0.717, 1.165) is 0 Å². The van der Waals surface area contributed by atoms with E-state index in [1.165, 1.54) is 19.8 Å². The second-order valence-corrected chi connectivity index (χ2v) is 2.56. The Hall–Kier alpha value is -0.530. The van der Waals surface area contributed by atoms with Crippen LogP contribution in [0.5, 0.6) is 0 Å². The minimum atomic E-state index is -0.911. The summed E-state index contributed by atoms with van der Waals surface area (Å²) >= 11 is 0. The number of hydrogen-bond donors (Lipinski definition) is 1. The van der Waals surface area contributed by atoms with Gasteiger partial charge in [-0.2, -0.15) is 0 Å². The molecule has 0 aromatic carbocycles. The average molecular weight is 129 g/mol. The molecule has 2 heteroatoms. The van der Waals surface area contributed by atoms with Crippen LogP contribution in [0.1, 0.15) is 19.8 Å². The van der Waals surface area contributed by atoms with Crippen molar-refractivity contribution in [3.63, 3.8) is 0 Å². The lowest BCUT2D eigenvalue weighted by Crippen LogP contribution is -2.20. The molecule has 1 rings (SSSR count). The van der Waals surface area contributed by atoms with Crippen molar-refractivity contribution < 1.29 is 4.39 Å². The minimum absolute atomic E-state index is 0.524. The first-order chi connectivity index (χ1) is 4.20. The molecule has 0 aliphatic heterocycles. The number of allylic oxidation sites excluding steroid dienone is 1. The molecular weight excluding hydrogens is 117 g/mol. The third-order valence-corrected chi connectivity index (χ3v) is 1.45. The summed E-state index contributed by atoms with van der Waals surface area (Å²) in [5, 5.41) is 2.98. The van der Waals surface area contributed by atoms with E-state index in [4.69, 9.17) is 0 Å². The Balaban J connectivity index is 2.17. The van der Waals surface area contributed by atoms with Gasteiger partial charge in [0.05, 0.1) is 0 Å². The molecule has 52 valence electrons. The molecule has 0 radical (unpaired) electrons. The van der Waals surface area contributed by atoms with E-state index in [9.17, 15) is 4.39 Å². The van der Waals surface area contributed by atoms with E-state index in [1.807, 2.05) is 0 Å². The Morgan fingerprint density at radius 1 is 1.78 bits per heavy atom. The van der Waals surface area contributed by atoms with Crippen LogP contribution < -0.4 is 5.32 Å². The SMILES string of the molecule is C=C(NC1CC1)C(C)F. The predicted molar refractivity (Wildman–Crippen MR) is 35.9 cm³/mol. The van der Waals surface area contributed by atoms with Crippen LogP contribution in [0.4, 0.5) is 4.39 Å². The van der Waals surface area contributed by atoms with Crippen molar-refractivity contribution in [2.24, 2.45) is 0 Å². The summed E-state index contributed by atoms with van der Waals surface area (Å²) in [6.45, 7) is 5.05. The summed E-state index contributed by atoms with van der Waals surface area (Å²) < 4.78 is 12.3. The standard InChI is InChI=1S/C7H12FN/c1-5(8)6(2)9-7-3-4-7/h5,7,9H,2-4H2,1H3. The zero-order valence-corrected chi connectivity index (χ0v) is 5.65. The summed E-state index contributed by atoms with van der Waals surface area (Å²) in [4.78, 5) is 0. The molecule has 0 heterocycles. The van der Waals surface area contributed by atoms with E-state index < -0.39 is 6.17 Å². The van der Waals surface area contributed by atoms with Gasteiger partial charge in [0.15, 0.2) is 0 Å². The van der Waals surface area contributed by atoms with Crippen LogP contribution in [0.2, 0.25) is 0 Å². The molecule has 0 aromatic heterocycles. The molecular formula is C7H12FN. The van der Waals surface area contributed by atoms with Crippen molar-refractivity contribution in [2.45, 2.75) is 32.0 Å².